The Labute approximate surface area is 119 Å². The van der Waals surface area contributed by atoms with Crippen molar-refractivity contribution in [1.29, 1.82) is 0 Å². The maximum absolute atomic E-state index is 11.0. The maximum Gasteiger partial charge on any atom is 0.280 e. The molecule has 9 heteroatoms. The van der Waals surface area contributed by atoms with Crippen molar-refractivity contribution in [3.63, 3.8) is 0 Å². The lowest BCUT2D eigenvalue weighted by Crippen LogP contribution is -2.16. The largest absolute Gasteiger partial charge is 0.337 e. The second-order valence-corrected chi connectivity index (χ2v) is 4.39. The second-order valence-electron chi connectivity index (χ2n) is 4.39. The van der Waals surface area contributed by atoms with Crippen molar-refractivity contribution >= 4 is 11.4 Å². The van der Waals surface area contributed by atoms with Crippen molar-refractivity contribution in [2.75, 3.05) is 0 Å². The van der Waals surface area contributed by atoms with Crippen LogP contribution < -0.4 is 5.32 Å². The van der Waals surface area contributed by atoms with Crippen LogP contribution in [0.2, 0.25) is 0 Å². The van der Waals surface area contributed by atoms with Crippen molar-refractivity contribution in [2.45, 2.75) is 13.1 Å². The van der Waals surface area contributed by atoms with Crippen LogP contribution >= 0.6 is 0 Å². The summed E-state index contributed by atoms with van der Waals surface area (Å²) in [5.74, 6) is 0.791. The van der Waals surface area contributed by atoms with Crippen LogP contribution in [0.15, 0.2) is 30.6 Å². The highest BCUT2D eigenvalue weighted by Gasteiger charge is 2.18. The first kappa shape index (κ1) is 14.6. The van der Waals surface area contributed by atoms with Crippen LogP contribution in [0.4, 0.5) is 11.4 Å². The number of nitrogens with one attached hydrogen (secondary N) is 1. The third kappa shape index (κ3) is 3.39. The van der Waals surface area contributed by atoms with E-state index in [0.29, 0.717) is 12.1 Å². The van der Waals surface area contributed by atoms with Crippen molar-refractivity contribution in [2.24, 2.45) is 7.05 Å². The standard InChI is InChI=1S/C12H13N5O4/c1-15-5-4-14-12(15)8-13-7-9-2-3-10(16(18)19)6-11(9)17(20)21/h2-6,13H,7-8H2,1H3. The number of rotatable bonds is 6. The molecule has 0 aliphatic heterocycles. The second kappa shape index (κ2) is 6.09. The molecule has 9 nitrogen and oxygen atoms in total. The molecule has 0 aliphatic rings. The van der Waals surface area contributed by atoms with E-state index in [4.69, 9.17) is 0 Å². The molecule has 0 saturated carbocycles. The number of nitro benzene ring substituents is 2. The average molecular weight is 291 g/mol. The maximum atomic E-state index is 11.0. The van der Waals surface area contributed by atoms with Crippen LogP contribution in [0.5, 0.6) is 0 Å². The number of benzene rings is 1. The van der Waals surface area contributed by atoms with Crippen molar-refractivity contribution in [3.8, 4) is 0 Å². The molecule has 1 heterocycles. The highest BCUT2D eigenvalue weighted by molar-refractivity contribution is 5.49. The minimum atomic E-state index is -0.655. The molecule has 0 spiro atoms. The smallest absolute Gasteiger partial charge is 0.280 e. The van der Waals surface area contributed by atoms with Crippen LogP contribution in [0.3, 0.4) is 0 Å². The van der Waals surface area contributed by atoms with E-state index in [1.807, 2.05) is 11.6 Å². The Bertz CT molecular complexity index is 682. The summed E-state index contributed by atoms with van der Waals surface area (Å²) in [4.78, 5) is 24.5. The van der Waals surface area contributed by atoms with Gasteiger partial charge in [-0.05, 0) is 6.07 Å². The summed E-state index contributed by atoms with van der Waals surface area (Å²) >= 11 is 0. The van der Waals surface area contributed by atoms with E-state index >= 15 is 0 Å². The van der Waals surface area contributed by atoms with E-state index in [2.05, 4.69) is 10.3 Å². The Morgan fingerprint density at radius 2 is 2.00 bits per heavy atom. The van der Waals surface area contributed by atoms with Crippen LogP contribution in [0.1, 0.15) is 11.4 Å². The van der Waals surface area contributed by atoms with Gasteiger partial charge in [0, 0.05) is 37.6 Å². The summed E-state index contributed by atoms with van der Waals surface area (Å²) in [5.41, 5.74) is -0.175. The van der Waals surface area contributed by atoms with Crippen LogP contribution in [0.25, 0.3) is 0 Å². The zero-order valence-electron chi connectivity index (χ0n) is 11.2. The van der Waals surface area contributed by atoms with Crippen LogP contribution in [0, 0.1) is 20.2 Å². The van der Waals surface area contributed by atoms with Gasteiger partial charge < -0.3 is 9.88 Å². The molecule has 1 N–H and O–H groups in total. The van der Waals surface area contributed by atoms with Gasteiger partial charge in [-0.1, -0.05) is 0 Å². The number of aryl methyl sites for hydroxylation is 1. The zero-order valence-corrected chi connectivity index (χ0v) is 11.2. The molecule has 110 valence electrons. The number of nitrogens with zero attached hydrogens (tertiary/aromatic N) is 4. The number of non-ortho nitro benzene ring substituents is 1. The van der Waals surface area contributed by atoms with E-state index in [1.54, 1.807) is 12.4 Å². The van der Waals surface area contributed by atoms with Gasteiger partial charge in [0.25, 0.3) is 11.4 Å². The highest BCUT2D eigenvalue weighted by atomic mass is 16.6. The number of imidazole rings is 1. The molecule has 1 aromatic heterocycles. The molecule has 0 fully saturated rings. The molecular weight excluding hydrogens is 278 g/mol. The number of hydrogen-bond donors (Lipinski definition) is 1. The fourth-order valence-electron chi connectivity index (χ4n) is 1.86. The molecule has 2 rings (SSSR count). The zero-order chi connectivity index (χ0) is 15.4. The summed E-state index contributed by atoms with van der Waals surface area (Å²) in [6.45, 7) is 0.665. The third-order valence-electron chi connectivity index (χ3n) is 3.00. The first-order valence-electron chi connectivity index (χ1n) is 6.07. The molecule has 0 radical (unpaired) electrons. The Hall–Kier alpha value is -2.81. The van der Waals surface area contributed by atoms with E-state index in [0.717, 1.165) is 11.9 Å². The predicted molar refractivity (Wildman–Crippen MR) is 73.5 cm³/mol. The van der Waals surface area contributed by atoms with Gasteiger partial charge in [-0.25, -0.2) is 4.98 Å². The molecule has 21 heavy (non-hydrogen) atoms. The summed E-state index contributed by atoms with van der Waals surface area (Å²) in [6.07, 6.45) is 3.46. The van der Waals surface area contributed by atoms with Gasteiger partial charge >= 0.3 is 0 Å². The third-order valence-corrected chi connectivity index (χ3v) is 3.00. The van der Waals surface area contributed by atoms with Crippen molar-refractivity contribution in [3.05, 3.63) is 62.2 Å². The highest BCUT2D eigenvalue weighted by Crippen LogP contribution is 2.24. The number of nitro groups is 2. The summed E-state index contributed by atoms with van der Waals surface area (Å²) in [7, 11) is 1.85. The van der Waals surface area contributed by atoms with Gasteiger partial charge in [0.15, 0.2) is 0 Å². The van der Waals surface area contributed by atoms with Gasteiger partial charge in [-0.2, -0.15) is 0 Å². The summed E-state index contributed by atoms with van der Waals surface area (Å²) in [5, 5.41) is 24.7. The molecule has 0 amide bonds. The molecule has 2 aromatic rings. The van der Waals surface area contributed by atoms with Crippen LogP contribution in [-0.2, 0) is 20.1 Å². The van der Waals surface area contributed by atoms with Gasteiger partial charge in [0.1, 0.15) is 5.82 Å². The molecule has 0 atom stereocenters. The topological polar surface area (TPSA) is 116 Å². The first-order valence-corrected chi connectivity index (χ1v) is 6.07. The Morgan fingerprint density at radius 3 is 2.57 bits per heavy atom. The molecule has 0 unspecified atom stereocenters. The Kier molecular flexibility index (Phi) is 4.24. The van der Waals surface area contributed by atoms with Crippen molar-refractivity contribution < 1.29 is 9.85 Å². The lowest BCUT2D eigenvalue weighted by atomic mass is 10.1. The Morgan fingerprint density at radius 1 is 1.24 bits per heavy atom. The SMILES string of the molecule is Cn1ccnc1CNCc1ccc([N+](=O)[O-])cc1[N+](=O)[O-]. The Balaban J connectivity index is 2.10. The van der Waals surface area contributed by atoms with E-state index in [1.165, 1.54) is 12.1 Å². The minimum absolute atomic E-state index is 0.223. The summed E-state index contributed by atoms with van der Waals surface area (Å²) in [6, 6.07) is 3.62. The van der Waals surface area contributed by atoms with E-state index in [9.17, 15) is 20.2 Å². The number of hydrogen-bond acceptors (Lipinski definition) is 6. The summed E-state index contributed by atoms with van der Waals surface area (Å²) < 4.78 is 1.83. The van der Waals surface area contributed by atoms with Crippen molar-refractivity contribution in [1.82, 2.24) is 14.9 Å². The predicted octanol–water partition coefficient (Wildman–Crippen LogP) is 1.53. The fraction of sp³-hybridized carbons (Fsp3) is 0.250. The lowest BCUT2D eigenvalue weighted by molar-refractivity contribution is -0.394. The van der Waals surface area contributed by atoms with Gasteiger partial charge in [-0.3, -0.25) is 20.2 Å². The number of aromatic nitrogens is 2. The average Bonchev–Trinajstić information content (AvgIpc) is 2.84. The molecular formula is C12H13N5O4. The van der Waals surface area contributed by atoms with Crippen LogP contribution in [-0.4, -0.2) is 19.4 Å². The molecule has 0 aliphatic carbocycles. The van der Waals surface area contributed by atoms with Gasteiger partial charge in [0.2, 0.25) is 0 Å². The normalized spacial score (nSPS) is 10.5. The minimum Gasteiger partial charge on any atom is -0.337 e. The molecule has 1 aromatic carbocycles. The lowest BCUT2D eigenvalue weighted by Gasteiger charge is -2.06. The molecule has 0 bridgehead atoms. The van der Waals surface area contributed by atoms with E-state index in [-0.39, 0.29) is 17.9 Å². The first-order chi connectivity index (χ1) is 9.99. The quantitative estimate of drug-likeness (QED) is 0.637. The molecule has 0 saturated heterocycles. The fourth-order valence-corrected chi connectivity index (χ4v) is 1.86. The van der Waals surface area contributed by atoms with E-state index < -0.39 is 9.85 Å². The monoisotopic (exact) mass is 291 g/mol. The van der Waals surface area contributed by atoms with Gasteiger partial charge in [0.05, 0.1) is 22.5 Å². The van der Waals surface area contributed by atoms with Gasteiger partial charge in [-0.15, -0.1) is 0 Å².